The molecule has 19 heavy (non-hydrogen) atoms. The number of carbonyl (C=O) groups is 1. The fourth-order valence-corrected chi connectivity index (χ4v) is 3.01. The van der Waals surface area contributed by atoms with Crippen molar-refractivity contribution >= 4 is 6.03 Å². The standard InChI is InChI=1S/C15H23N3O/c1-15(2)11-18(9-8-17-14(16)19)10-13(15)12-6-4-3-5-7-12/h3-7,13H,8-11H2,1-2H3,(H3,16,17,19)/t13-/m1/s1. The summed E-state index contributed by atoms with van der Waals surface area (Å²) in [4.78, 5) is 13.1. The quantitative estimate of drug-likeness (QED) is 0.868. The average Bonchev–Trinajstić information content (AvgIpc) is 2.65. The van der Waals surface area contributed by atoms with E-state index in [0.29, 0.717) is 12.5 Å². The molecule has 1 aromatic carbocycles. The highest BCUT2D eigenvalue weighted by Gasteiger charge is 2.39. The van der Waals surface area contributed by atoms with Gasteiger partial charge < -0.3 is 16.0 Å². The molecule has 0 aliphatic carbocycles. The molecule has 1 saturated heterocycles. The minimum Gasteiger partial charge on any atom is -0.352 e. The van der Waals surface area contributed by atoms with Gasteiger partial charge in [-0.15, -0.1) is 0 Å². The van der Waals surface area contributed by atoms with Crippen LogP contribution < -0.4 is 11.1 Å². The van der Waals surface area contributed by atoms with Gasteiger partial charge in [0.1, 0.15) is 0 Å². The molecular weight excluding hydrogens is 238 g/mol. The molecular formula is C15H23N3O. The predicted molar refractivity (Wildman–Crippen MR) is 77.0 cm³/mol. The minimum absolute atomic E-state index is 0.258. The molecule has 0 unspecified atom stereocenters. The molecule has 1 aliphatic heterocycles. The van der Waals surface area contributed by atoms with Crippen LogP contribution in [0.5, 0.6) is 0 Å². The number of nitrogens with zero attached hydrogens (tertiary/aromatic N) is 1. The number of benzene rings is 1. The Morgan fingerprint density at radius 2 is 2.11 bits per heavy atom. The van der Waals surface area contributed by atoms with Gasteiger partial charge in [-0.1, -0.05) is 44.2 Å². The van der Waals surface area contributed by atoms with Crippen molar-refractivity contribution in [1.82, 2.24) is 10.2 Å². The second-order valence-electron chi connectivity index (χ2n) is 5.98. The molecule has 4 heteroatoms. The maximum atomic E-state index is 10.7. The first-order valence-corrected chi connectivity index (χ1v) is 6.79. The Bertz CT molecular complexity index is 430. The number of nitrogens with two attached hydrogens (primary N) is 1. The Morgan fingerprint density at radius 3 is 2.74 bits per heavy atom. The van der Waals surface area contributed by atoms with E-state index in [9.17, 15) is 4.79 Å². The van der Waals surface area contributed by atoms with Crippen LogP contribution in [0.25, 0.3) is 0 Å². The average molecular weight is 261 g/mol. The number of hydrogen-bond donors (Lipinski definition) is 2. The topological polar surface area (TPSA) is 58.4 Å². The molecule has 1 aliphatic rings. The molecule has 0 bridgehead atoms. The molecule has 1 aromatic rings. The van der Waals surface area contributed by atoms with E-state index in [-0.39, 0.29) is 5.41 Å². The van der Waals surface area contributed by atoms with Crippen molar-refractivity contribution in [3.8, 4) is 0 Å². The second-order valence-corrected chi connectivity index (χ2v) is 5.98. The number of hydrogen-bond acceptors (Lipinski definition) is 2. The third-order valence-corrected chi connectivity index (χ3v) is 3.94. The van der Waals surface area contributed by atoms with Gasteiger partial charge in [-0.25, -0.2) is 4.79 Å². The van der Waals surface area contributed by atoms with Gasteiger partial charge >= 0.3 is 6.03 Å². The molecule has 2 rings (SSSR count). The lowest BCUT2D eigenvalue weighted by Crippen LogP contribution is -2.37. The van der Waals surface area contributed by atoms with Gasteiger partial charge in [0.25, 0.3) is 0 Å². The number of amides is 2. The Morgan fingerprint density at radius 1 is 1.42 bits per heavy atom. The van der Waals surface area contributed by atoms with E-state index in [1.165, 1.54) is 5.56 Å². The van der Waals surface area contributed by atoms with Gasteiger partial charge in [0, 0.05) is 32.1 Å². The summed E-state index contributed by atoms with van der Waals surface area (Å²) in [6, 6.07) is 10.2. The summed E-state index contributed by atoms with van der Waals surface area (Å²) < 4.78 is 0. The van der Waals surface area contributed by atoms with Gasteiger partial charge in [-0.05, 0) is 11.0 Å². The fourth-order valence-electron chi connectivity index (χ4n) is 3.01. The van der Waals surface area contributed by atoms with Gasteiger partial charge in [0.05, 0.1) is 0 Å². The summed E-state index contributed by atoms with van der Waals surface area (Å²) in [5, 5.41) is 2.65. The molecule has 0 saturated carbocycles. The summed E-state index contributed by atoms with van der Waals surface area (Å²) in [5.41, 5.74) is 6.74. The van der Waals surface area contributed by atoms with Crippen LogP contribution in [-0.4, -0.2) is 37.1 Å². The van der Waals surface area contributed by atoms with Crippen LogP contribution in [0.4, 0.5) is 4.79 Å². The Balaban J connectivity index is 1.97. The van der Waals surface area contributed by atoms with Crippen molar-refractivity contribution in [2.45, 2.75) is 19.8 Å². The highest BCUT2D eigenvalue weighted by molar-refractivity contribution is 5.71. The van der Waals surface area contributed by atoms with E-state index < -0.39 is 6.03 Å². The highest BCUT2D eigenvalue weighted by Crippen LogP contribution is 2.41. The van der Waals surface area contributed by atoms with Crippen LogP contribution >= 0.6 is 0 Å². The molecule has 1 heterocycles. The fraction of sp³-hybridized carbons (Fsp3) is 0.533. The third kappa shape index (κ3) is 3.47. The van der Waals surface area contributed by atoms with Crippen LogP contribution in [0, 0.1) is 5.41 Å². The van der Waals surface area contributed by atoms with Crippen LogP contribution in [-0.2, 0) is 0 Å². The largest absolute Gasteiger partial charge is 0.352 e. The lowest BCUT2D eigenvalue weighted by Gasteiger charge is -2.26. The van der Waals surface area contributed by atoms with Gasteiger partial charge in [-0.2, -0.15) is 0 Å². The van der Waals surface area contributed by atoms with Crippen molar-refractivity contribution in [1.29, 1.82) is 0 Å². The molecule has 1 fully saturated rings. The van der Waals surface area contributed by atoms with E-state index in [0.717, 1.165) is 19.6 Å². The molecule has 0 radical (unpaired) electrons. The molecule has 4 nitrogen and oxygen atoms in total. The van der Waals surface area contributed by atoms with Crippen LogP contribution in [0.1, 0.15) is 25.3 Å². The third-order valence-electron chi connectivity index (χ3n) is 3.94. The zero-order valence-corrected chi connectivity index (χ0v) is 11.7. The molecule has 104 valence electrons. The number of carbonyl (C=O) groups excluding carboxylic acids is 1. The predicted octanol–water partition coefficient (Wildman–Crippen LogP) is 1.78. The number of nitrogens with one attached hydrogen (secondary N) is 1. The van der Waals surface area contributed by atoms with E-state index in [2.05, 4.69) is 54.4 Å². The first kappa shape index (κ1) is 13.9. The first-order valence-electron chi connectivity index (χ1n) is 6.79. The summed E-state index contributed by atoms with van der Waals surface area (Å²) in [6.07, 6.45) is 0. The van der Waals surface area contributed by atoms with Crippen molar-refractivity contribution in [2.24, 2.45) is 11.1 Å². The lowest BCUT2D eigenvalue weighted by molar-refractivity contribution is 0.244. The highest BCUT2D eigenvalue weighted by atomic mass is 16.2. The van der Waals surface area contributed by atoms with Crippen molar-refractivity contribution in [3.63, 3.8) is 0 Å². The van der Waals surface area contributed by atoms with Crippen LogP contribution in [0.15, 0.2) is 30.3 Å². The normalized spacial score (nSPS) is 22.3. The van der Waals surface area contributed by atoms with Crippen molar-refractivity contribution in [3.05, 3.63) is 35.9 Å². The number of rotatable bonds is 4. The lowest BCUT2D eigenvalue weighted by atomic mass is 9.78. The Hall–Kier alpha value is -1.55. The van der Waals surface area contributed by atoms with Crippen molar-refractivity contribution in [2.75, 3.05) is 26.2 Å². The SMILES string of the molecule is CC1(C)CN(CCNC(N)=O)C[C@@H]1c1ccccc1. The zero-order valence-electron chi connectivity index (χ0n) is 11.7. The van der Waals surface area contributed by atoms with E-state index >= 15 is 0 Å². The Kier molecular flexibility index (Phi) is 4.10. The molecule has 0 aromatic heterocycles. The molecule has 0 spiro atoms. The van der Waals surface area contributed by atoms with Gasteiger partial charge in [-0.3, -0.25) is 0 Å². The maximum Gasteiger partial charge on any atom is 0.312 e. The first-order chi connectivity index (χ1) is 8.99. The second kappa shape index (κ2) is 5.61. The summed E-state index contributed by atoms with van der Waals surface area (Å²) in [5.74, 6) is 0.544. The van der Waals surface area contributed by atoms with Gasteiger partial charge in [0.2, 0.25) is 0 Å². The summed E-state index contributed by atoms with van der Waals surface area (Å²) >= 11 is 0. The summed E-state index contributed by atoms with van der Waals surface area (Å²) in [7, 11) is 0. The van der Waals surface area contributed by atoms with Crippen LogP contribution in [0.3, 0.4) is 0 Å². The van der Waals surface area contributed by atoms with Crippen molar-refractivity contribution < 1.29 is 4.79 Å². The maximum absolute atomic E-state index is 10.7. The zero-order chi connectivity index (χ0) is 13.9. The number of primary amides is 1. The molecule has 3 N–H and O–H groups in total. The van der Waals surface area contributed by atoms with E-state index in [1.54, 1.807) is 0 Å². The Labute approximate surface area is 115 Å². The smallest absolute Gasteiger partial charge is 0.312 e. The van der Waals surface area contributed by atoms with Crippen LogP contribution in [0.2, 0.25) is 0 Å². The number of urea groups is 1. The summed E-state index contributed by atoms with van der Waals surface area (Å²) in [6.45, 7) is 8.19. The van der Waals surface area contributed by atoms with Gasteiger partial charge in [0.15, 0.2) is 0 Å². The molecule has 1 atom stereocenters. The van der Waals surface area contributed by atoms with E-state index in [4.69, 9.17) is 5.73 Å². The minimum atomic E-state index is -0.446. The molecule has 2 amide bonds. The monoisotopic (exact) mass is 261 g/mol. The van der Waals surface area contributed by atoms with E-state index in [1.807, 2.05) is 0 Å². The number of likely N-dealkylation sites (tertiary alicyclic amines) is 1.